The second-order valence-corrected chi connectivity index (χ2v) is 6.76. The van der Waals surface area contributed by atoms with Crippen molar-refractivity contribution in [3.8, 4) is 11.5 Å². The van der Waals surface area contributed by atoms with Gasteiger partial charge in [-0.1, -0.05) is 42.5 Å². The van der Waals surface area contributed by atoms with E-state index in [9.17, 15) is 8.42 Å². The topological polar surface area (TPSA) is 64.6 Å². The van der Waals surface area contributed by atoms with E-state index in [-0.39, 0.29) is 12.6 Å². The fourth-order valence-corrected chi connectivity index (χ4v) is 3.00. The van der Waals surface area contributed by atoms with Crippen molar-refractivity contribution in [3.63, 3.8) is 0 Å². The van der Waals surface area contributed by atoms with Crippen LogP contribution < -0.4 is 14.2 Å². The van der Waals surface area contributed by atoms with E-state index in [1.54, 1.807) is 12.1 Å². The van der Waals surface area contributed by atoms with Crippen molar-refractivity contribution in [2.45, 2.75) is 6.10 Å². The van der Waals surface area contributed by atoms with Gasteiger partial charge in [0.2, 0.25) is 10.0 Å². The summed E-state index contributed by atoms with van der Waals surface area (Å²) < 4.78 is 37.8. The first-order valence-corrected chi connectivity index (χ1v) is 8.78. The fourth-order valence-electron chi connectivity index (χ4n) is 2.15. The largest absolute Gasteiger partial charge is 0.486 e. The van der Waals surface area contributed by atoms with Crippen LogP contribution in [0.3, 0.4) is 0 Å². The molecule has 1 atom stereocenters. The average molecular weight is 331 g/mol. The number of para-hydroxylation sites is 2. The van der Waals surface area contributed by atoms with Gasteiger partial charge < -0.3 is 9.47 Å². The van der Waals surface area contributed by atoms with E-state index in [2.05, 4.69) is 4.72 Å². The molecule has 0 saturated carbocycles. The number of sulfonamides is 1. The highest BCUT2D eigenvalue weighted by molar-refractivity contribution is 7.92. The van der Waals surface area contributed by atoms with Gasteiger partial charge in [-0.3, -0.25) is 0 Å². The molecule has 0 spiro atoms. The Labute approximate surface area is 135 Å². The van der Waals surface area contributed by atoms with Crippen molar-refractivity contribution in [2.75, 3.05) is 13.2 Å². The van der Waals surface area contributed by atoms with Crippen LogP contribution in [0.2, 0.25) is 0 Å². The van der Waals surface area contributed by atoms with Crippen molar-refractivity contribution in [3.05, 3.63) is 65.6 Å². The van der Waals surface area contributed by atoms with Gasteiger partial charge in [0.15, 0.2) is 11.5 Å². The molecule has 0 bridgehead atoms. The molecular weight excluding hydrogens is 314 g/mol. The van der Waals surface area contributed by atoms with Gasteiger partial charge in [-0.2, -0.15) is 0 Å². The van der Waals surface area contributed by atoms with E-state index in [0.717, 1.165) is 11.0 Å². The predicted molar refractivity (Wildman–Crippen MR) is 88.8 cm³/mol. The highest BCUT2D eigenvalue weighted by atomic mass is 32.2. The number of nitrogens with one attached hydrogen (secondary N) is 1. The lowest BCUT2D eigenvalue weighted by Crippen LogP contribution is -2.40. The molecule has 0 amide bonds. The molecule has 0 aromatic heterocycles. The van der Waals surface area contributed by atoms with Crippen LogP contribution in [0.4, 0.5) is 0 Å². The van der Waals surface area contributed by atoms with Crippen molar-refractivity contribution < 1.29 is 17.9 Å². The highest BCUT2D eigenvalue weighted by Gasteiger charge is 2.21. The molecule has 1 unspecified atom stereocenters. The van der Waals surface area contributed by atoms with Gasteiger partial charge in [0, 0.05) is 5.41 Å². The van der Waals surface area contributed by atoms with Crippen molar-refractivity contribution in [2.24, 2.45) is 0 Å². The van der Waals surface area contributed by atoms with E-state index in [0.29, 0.717) is 18.1 Å². The number of rotatable bonds is 5. The van der Waals surface area contributed by atoms with Gasteiger partial charge in [-0.25, -0.2) is 13.1 Å². The quantitative estimate of drug-likeness (QED) is 0.914. The summed E-state index contributed by atoms with van der Waals surface area (Å²) >= 11 is 0. The van der Waals surface area contributed by atoms with Crippen LogP contribution in [0.5, 0.6) is 11.5 Å². The molecule has 120 valence electrons. The van der Waals surface area contributed by atoms with Gasteiger partial charge in [0.1, 0.15) is 12.7 Å². The van der Waals surface area contributed by atoms with E-state index >= 15 is 0 Å². The first kappa shape index (κ1) is 15.6. The number of hydrogen-bond acceptors (Lipinski definition) is 4. The lowest BCUT2D eigenvalue weighted by Gasteiger charge is -2.26. The Morgan fingerprint density at radius 3 is 2.52 bits per heavy atom. The molecule has 1 aliphatic heterocycles. The van der Waals surface area contributed by atoms with Crippen LogP contribution in [0, 0.1) is 0 Å². The van der Waals surface area contributed by atoms with E-state index in [1.165, 1.54) is 0 Å². The van der Waals surface area contributed by atoms with Crippen LogP contribution in [-0.2, 0) is 10.0 Å². The molecule has 6 heteroatoms. The number of fused-ring (bicyclic) bond motifs is 1. The Hall–Kier alpha value is -2.31. The molecule has 1 heterocycles. The van der Waals surface area contributed by atoms with Gasteiger partial charge in [-0.15, -0.1) is 0 Å². The van der Waals surface area contributed by atoms with E-state index in [4.69, 9.17) is 9.47 Å². The molecule has 23 heavy (non-hydrogen) atoms. The Balaban J connectivity index is 1.57. The zero-order valence-corrected chi connectivity index (χ0v) is 13.2. The Morgan fingerprint density at radius 2 is 1.74 bits per heavy atom. The normalized spacial score (nSPS) is 17.3. The third-order valence-corrected chi connectivity index (χ3v) is 4.38. The Bertz CT molecular complexity index is 787. The molecule has 5 nitrogen and oxygen atoms in total. The Kier molecular flexibility index (Phi) is 4.64. The number of ether oxygens (including phenoxy) is 2. The highest BCUT2D eigenvalue weighted by Crippen LogP contribution is 2.30. The summed E-state index contributed by atoms with van der Waals surface area (Å²) in [6.45, 7) is 0.456. The molecule has 1 aliphatic rings. The minimum absolute atomic E-state index is 0.149. The van der Waals surface area contributed by atoms with Crippen LogP contribution in [-0.4, -0.2) is 27.7 Å². The van der Waals surface area contributed by atoms with Crippen LogP contribution >= 0.6 is 0 Å². The van der Waals surface area contributed by atoms with Gasteiger partial charge in [0.05, 0.1) is 6.54 Å². The molecule has 2 aromatic rings. The maximum Gasteiger partial charge on any atom is 0.233 e. The number of benzene rings is 2. The van der Waals surface area contributed by atoms with Crippen molar-refractivity contribution in [1.82, 2.24) is 4.72 Å². The van der Waals surface area contributed by atoms with Gasteiger partial charge in [-0.05, 0) is 23.8 Å². The first-order chi connectivity index (χ1) is 11.1. The number of hydrogen-bond donors (Lipinski definition) is 1. The van der Waals surface area contributed by atoms with Crippen molar-refractivity contribution >= 4 is 16.1 Å². The van der Waals surface area contributed by atoms with E-state index in [1.807, 2.05) is 48.5 Å². The van der Waals surface area contributed by atoms with Gasteiger partial charge in [0.25, 0.3) is 0 Å². The molecular formula is C17H17NO4S. The summed E-state index contributed by atoms with van der Waals surface area (Å²) in [7, 11) is -3.52. The smallest absolute Gasteiger partial charge is 0.233 e. The lowest BCUT2D eigenvalue weighted by atomic mass is 10.2. The molecule has 0 aliphatic carbocycles. The monoisotopic (exact) mass is 331 g/mol. The third kappa shape index (κ3) is 4.34. The maximum absolute atomic E-state index is 12.0. The Morgan fingerprint density at radius 1 is 1.04 bits per heavy atom. The SMILES string of the molecule is O=S(=O)(/C=C/c1ccccc1)NCC1COc2ccccc2O1. The minimum Gasteiger partial charge on any atom is -0.486 e. The molecule has 0 radical (unpaired) electrons. The minimum atomic E-state index is -3.52. The van der Waals surface area contributed by atoms with E-state index < -0.39 is 10.0 Å². The van der Waals surface area contributed by atoms with Crippen LogP contribution in [0.25, 0.3) is 6.08 Å². The maximum atomic E-state index is 12.0. The van der Waals surface area contributed by atoms with Crippen LogP contribution in [0.15, 0.2) is 60.0 Å². The average Bonchev–Trinajstić information content (AvgIpc) is 2.59. The first-order valence-electron chi connectivity index (χ1n) is 7.24. The summed E-state index contributed by atoms with van der Waals surface area (Å²) in [5.74, 6) is 1.30. The summed E-state index contributed by atoms with van der Waals surface area (Å²) in [6.07, 6.45) is 1.19. The summed E-state index contributed by atoms with van der Waals surface area (Å²) in [4.78, 5) is 0. The van der Waals surface area contributed by atoms with Crippen LogP contribution in [0.1, 0.15) is 5.56 Å². The second-order valence-electron chi connectivity index (χ2n) is 5.10. The molecule has 2 aromatic carbocycles. The molecule has 1 N–H and O–H groups in total. The lowest BCUT2D eigenvalue weighted by molar-refractivity contribution is 0.0943. The summed E-state index contributed by atoms with van der Waals surface area (Å²) in [6, 6.07) is 16.6. The zero-order chi connectivity index (χ0) is 16.1. The zero-order valence-electron chi connectivity index (χ0n) is 12.4. The summed E-state index contributed by atoms with van der Waals surface area (Å²) in [5, 5.41) is 1.15. The molecule has 0 fully saturated rings. The van der Waals surface area contributed by atoms with Crippen molar-refractivity contribution in [1.29, 1.82) is 0 Å². The standard InChI is InChI=1S/C17H17NO4S/c19-23(20,11-10-14-6-2-1-3-7-14)18-12-15-13-21-16-8-4-5-9-17(16)22-15/h1-11,15,18H,12-13H2/b11-10+. The predicted octanol–water partition coefficient (Wildman–Crippen LogP) is 2.42. The molecule has 0 saturated heterocycles. The third-order valence-electron chi connectivity index (χ3n) is 3.32. The molecule has 3 rings (SSSR count). The summed E-state index contributed by atoms with van der Waals surface area (Å²) in [5.41, 5.74) is 0.823. The van der Waals surface area contributed by atoms with Gasteiger partial charge >= 0.3 is 0 Å². The fraction of sp³-hybridized carbons (Fsp3) is 0.176. The second kappa shape index (κ2) is 6.85.